The average Bonchev–Trinajstić information content (AvgIpc) is 4.14. The van der Waals surface area contributed by atoms with Gasteiger partial charge in [-0.2, -0.15) is 0 Å². The fraction of sp³-hybridized carbons (Fsp3) is 0.250. The molecule has 0 unspecified atom stereocenters. The lowest BCUT2D eigenvalue weighted by molar-refractivity contribution is 0.568. The van der Waals surface area contributed by atoms with Crippen molar-refractivity contribution in [2.75, 3.05) is 0 Å². The Morgan fingerprint density at radius 2 is 0.588 bits per heavy atom. The van der Waals surface area contributed by atoms with E-state index in [0.29, 0.717) is 0 Å². The molecule has 5 heterocycles. The van der Waals surface area contributed by atoms with Crippen molar-refractivity contribution in [3.05, 3.63) is 165 Å². The lowest BCUT2D eigenvalue weighted by atomic mass is 9.78. The van der Waals surface area contributed by atoms with Gasteiger partial charge in [-0.3, -0.25) is 0 Å². The molecule has 3 aromatic heterocycles. The Morgan fingerprint density at radius 1 is 0.338 bits per heavy atom. The van der Waals surface area contributed by atoms with Crippen molar-refractivity contribution >= 4 is 46.4 Å². The van der Waals surface area contributed by atoms with Crippen LogP contribution in [-0.4, -0.2) is 19.9 Å². The number of aromatic nitrogens is 4. The lowest BCUT2D eigenvalue weighted by Crippen LogP contribution is -2.16. The summed E-state index contributed by atoms with van der Waals surface area (Å²) in [6.45, 7) is 27.4. The van der Waals surface area contributed by atoms with Gasteiger partial charge in [-0.1, -0.05) is 156 Å². The van der Waals surface area contributed by atoms with Gasteiger partial charge in [0.05, 0.1) is 22.8 Å². The van der Waals surface area contributed by atoms with E-state index >= 15 is 0 Å². The molecule has 0 atom stereocenters. The summed E-state index contributed by atoms with van der Waals surface area (Å²) >= 11 is 0. The Kier molecular flexibility index (Phi) is 11.3. The average molecular weight is 887 g/mol. The van der Waals surface area contributed by atoms with E-state index in [1.54, 1.807) is 0 Å². The summed E-state index contributed by atoms with van der Waals surface area (Å²) in [6.07, 6.45) is 20.4. The van der Waals surface area contributed by atoms with E-state index in [2.05, 4.69) is 214 Å². The van der Waals surface area contributed by atoms with Crippen LogP contribution in [-0.2, 0) is 21.7 Å². The maximum Gasteiger partial charge on any atom is 0.0737 e. The largest absolute Gasteiger partial charge is 0.354 e. The first kappa shape index (κ1) is 45.7. The molecular weight excluding hydrogens is 825 g/mol. The maximum absolute atomic E-state index is 5.89. The smallest absolute Gasteiger partial charge is 0.0737 e. The minimum atomic E-state index is -0.0951. The molecule has 0 saturated carbocycles. The van der Waals surface area contributed by atoms with Gasteiger partial charge in [-0.25, -0.2) is 9.97 Å². The molecule has 0 saturated heterocycles. The van der Waals surface area contributed by atoms with E-state index in [1.165, 1.54) is 22.3 Å². The molecule has 338 valence electrons. The van der Waals surface area contributed by atoms with Gasteiger partial charge in [0.2, 0.25) is 0 Å². The molecule has 4 aromatic carbocycles. The topological polar surface area (TPSA) is 57.4 Å². The number of H-pyrrole nitrogens is 2. The summed E-state index contributed by atoms with van der Waals surface area (Å²) in [5.74, 6) is 5.61. The summed E-state index contributed by atoms with van der Waals surface area (Å²) in [4.78, 5) is 19.1. The van der Waals surface area contributed by atoms with Gasteiger partial charge in [-0.15, -0.1) is 12.8 Å². The number of hydrogen-bond donors (Lipinski definition) is 2. The van der Waals surface area contributed by atoms with Crippen LogP contribution in [0.1, 0.15) is 139 Å². The SMILES string of the molecule is C#Cc1ccc(-c2c3nc(c(-c4cc(C(C)(C)C)cc(C(C)(C)C)c4)c4ccc([nH]4)c(-c4ccc(C#C)cc4)c4nc(c(-c5cc(C(C)(C)C)cc(C(C)(C)C)c5)c5ccc2[nH]5)C=C4)C=C3)cc1. The van der Waals surface area contributed by atoms with Crippen LogP contribution in [0.25, 0.3) is 90.9 Å². The fourth-order valence-corrected chi connectivity index (χ4v) is 9.16. The zero-order valence-electron chi connectivity index (χ0n) is 41.8. The van der Waals surface area contributed by atoms with Crippen molar-refractivity contribution in [2.24, 2.45) is 0 Å². The molecule has 2 N–H and O–H groups in total. The summed E-state index contributed by atoms with van der Waals surface area (Å²) in [5.41, 5.74) is 21.7. The van der Waals surface area contributed by atoms with Crippen LogP contribution < -0.4 is 0 Å². The van der Waals surface area contributed by atoms with Crippen molar-refractivity contribution in [3.8, 4) is 69.2 Å². The molecule has 0 amide bonds. The number of nitrogens with zero attached hydrogens (tertiary/aromatic N) is 2. The highest BCUT2D eigenvalue weighted by Gasteiger charge is 2.26. The van der Waals surface area contributed by atoms with E-state index < -0.39 is 0 Å². The fourth-order valence-electron chi connectivity index (χ4n) is 9.16. The predicted molar refractivity (Wildman–Crippen MR) is 291 cm³/mol. The highest BCUT2D eigenvalue weighted by Crippen LogP contribution is 2.42. The second-order valence-corrected chi connectivity index (χ2v) is 22.5. The molecule has 8 bridgehead atoms. The number of rotatable bonds is 4. The van der Waals surface area contributed by atoms with Crippen LogP contribution in [0.3, 0.4) is 0 Å². The molecule has 4 heteroatoms. The van der Waals surface area contributed by atoms with E-state index in [-0.39, 0.29) is 21.7 Å². The lowest BCUT2D eigenvalue weighted by Gasteiger charge is -2.26. The molecule has 68 heavy (non-hydrogen) atoms. The van der Waals surface area contributed by atoms with Crippen LogP contribution in [0.2, 0.25) is 0 Å². The Hall–Kier alpha value is -7.40. The molecule has 2 aliphatic rings. The van der Waals surface area contributed by atoms with E-state index in [4.69, 9.17) is 22.8 Å². The van der Waals surface area contributed by atoms with Gasteiger partial charge in [0.25, 0.3) is 0 Å². The zero-order valence-corrected chi connectivity index (χ0v) is 41.8. The summed E-state index contributed by atoms with van der Waals surface area (Å²) in [5, 5.41) is 0. The van der Waals surface area contributed by atoms with Crippen LogP contribution in [0.15, 0.2) is 109 Å². The molecular formula is C64H62N4. The molecule has 0 fully saturated rings. The van der Waals surface area contributed by atoms with Crippen LogP contribution in [0.4, 0.5) is 0 Å². The number of nitrogens with one attached hydrogen (secondary N) is 2. The molecule has 0 aliphatic carbocycles. The van der Waals surface area contributed by atoms with Crippen molar-refractivity contribution < 1.29 is 0 Å². The predicted octanol–water partition coefficient (Wildman–Crippen LogP) is 16.5. The van der Waals surface area contributed by atoms with E-state index in [9.17, 15) is 0 Å². The Bertz CT molecular complexity index is 3170. The minimum Gasteiger partial charge on any atom is -0.354 e. The third kappa shape index (κ3) is 8.80. The number of fused-ring (bicyclic) bond motifs is 8. The second-order valence-electron chi connectivity index (χ2n) is 22.5. The van der Waals surface area contributed by atoms with E-state index in [1.807, 2.05) is 24.3 Å². The maximum atomic E-state index is 5.89. The van der Waals surface area contributed by atoms with Gasteiger partial charge in [0.15, 0.2) is 0 Å². The first-order valence-electron chi connectivity index (χ1n) is 23.7. The molecule has 4 nitrogen and oxygen atoms in total. The second kappa shape index (κ2) is 16.7. The van der Waals surface area contributed by atoms with Gasteiger partial charge >= 0.3 is 0 Å². The number of benzene rings is 4. The van der Waals surface area contributed by atoms with Crippen molar-refractivity contribution in [1.82, 2.24) is 19.9 Å². The first-order valence-corrected chi connectivity index (χ1v) is 23.7. The van der Waals surface area contributed by atoms with Crippen molar-refractivity contribution in [2.45, 2.75) is 105 Å². The van der Waals surface area contributed by atoms with Crippen LogP contribution in [0.5, 0.6) is 0 Å². The highest BCUT2D eigenvalue weighted by atomic mass is 14.8. The molecule has 0 spiro atoms. The van der Waals surface area contributed by atoms with Gasteiger partial charge in [0, 0.05) is 55.4 Å². The standard InChI is InChI=1S/C64H62N4/c1-15-39-17-21-41(22-18-39)57-49-25-29-53(65-49)59(43-33-45(61(3,4)5)37-46(34-43)62(6,7)8)55-31-27-51(67-55)58(42-23-19-40(16-2)20-24-42)52-28-32-56(68-52)60(54-30-26-50(57)66-54)44-35-47(63(9,10)11)38-48(36-44)64(12,13)14/h1-2,17-38,65,68H,3-14H3. The molecule has 0 radical (unpaired) electrons. The van der Waals surface area contributed by atoms with Crippen LogP contribution >= 0.6 is 0 Å². The van der Waals surface area contributed by atoms with Crippen molar-refractivity contribution in [1.29, 1.82) is 0 Å². The number of hydrogen-bond acceptors (Lipinski definition) is 2. The summed E-state index contributed by atoms with van der Waals surface area (Å²) in [7, 11) is 0. The van der Waals surface area contributed by atoms with E-state index in [0.717, 1.165) is 100 Å². The first-order chi connectivity index (χ1) is 32.1. The normalized spacial score (nSPS) is 12.9. The quantitative estimate of drug-likeness (QED) is 0.173. The number of aromatic amines is 2. The van der Waals surface area contributed by atoms with Crippen molar-refractivity contribution in [3.63, 3.8) is 0 Å². The number of terminal acetylenes is 2. The van der Waals surface area contributed by atoms with Gasteiger partial charge < -0.3 is 9.97 Å². The Morgan fingerprint density at radius 3 is 0.824 bits per heavy atom. The highest BCUT2D eigenvalue weighted by molar-refractivity contribution is 6.00. The summed E-state index contributed by atoms with van der Waals surface area (Å²) in [6, 6.07) is 39.3. The molecule has 7 aromatic rings. The third-order valence-electron chi connectivity index (χ3n) is 13.3. The zero-order chi connectivity index (χ0) is 48.5. The molecule has 2 aliphatic heterocycles. The Balaban J connectivity index is 1.49. The van der Waals surface area contributed by atoms with Gasteiger partial charge in [0.1, 0.15) is 0 Å². The minimum absolute atomic E-state index is 0.0951. The monoisotopic (exact) mass is 886 g/mol. The Labute approximate surface area is 403 Å². The molecule has 9 rings (SSSR count). The van der Waals surface area contributed by atoms with Crippen LogP contribution in [0, 0.1) is 24.7 Å². The third-order valence-corrected chi connectivity index (χ3v) is 13.3. The van der Waals surface area contributed by atoms with Gasteiger partial charge in [-0.05, 0) is 139 Å². The summed E-state index contributed by atoms with van der Waals surface area (Å²) < 4.78 is 0.